The molecule has 2 N–H and O–H groups in total. The molecule has 1 fully saturated rings. The normalized spacial score (nSPS) is 22.5. The quantitative estimate of drug-likeness (QED) is 0.705. The standard InChI is InChI=1S/C10H15NO4/c1-6(12)11-8(10(14)15)5-7-3-2-4-9(7)13/h7-8H,2-5H2,1H3,(H,11,12)(H,14,15). The topological polar surface area (TPSA) is 83.5 Å². The number of hydrogen-bond acceptors (Lipinski definition) is 3. The van der Waals surface area contributed by atoms with Crippen molar-refractivity contribution in [2.24, 2.45) is 5.92 Å². The van der Waals surface area contributed by atoms with Gasteiger partial charge in [0.2, 0.25) is 5.91 Å². The highest BCUT2D eigenvalue weighted by Crippen LogP contribution is 2.25. The predicted molar refractivity (Wildman–Crippen MR) is 52.2 cm³/mol. The molecule has 0 aromatic heterocycles. The lowest BCUT2D eigenvalue weighted by molar-refractivity contribution is -0.142. The number of carboxylic acids is 1. The third kappa shape index (κ3) is 3.34. The van der Waals surface area contributed by atoms with Crippen molar-refractivity contribution in [3.8, 4) is 0 Å². The van der Waals surface area contributed by atoms with Crippen LogP contribution in [0.3, 0.4) is 0 Å². The molecule has 1 rings (SSSR count). The zero-order chi connectivity index (χ0) is 11.4. The molecule has 5 nitrogen and oxygen atoms in total. The third-order valence-electron chi connectivity index (χ3n) is 2.63. The Hall–Kier alpha value is -1.39. The van der Waals surface area contributed by atoms with Gasteiger partial charge in [0.25, 0.3) is 0 Å². The number of amides is 1. The molecule has 0 heterocycles. The van der Waals surface area contributed by atoms with Gasteiger partial charge in [0.1, 0.15) is 11.8 Å². The number of aliphatic carboxylic acids is 1. The highest BCUT2D eigenvalue weighted by atomic mass is 16.4. The highest BCUT2D eigenvalue weighted by molar-refractivity contribution is 5.85. The first-order valence-electron chi connectivity index (χ1n) is 5.03. The summed E-state index contributed by atoms with van der Waals surface area (Å²) in [6, 6.07) is -0.936. The fraction of sp³-hybridized carbons (Fsp3) is 0.700. The molecule has 5 heteroatoms. The first-order chi connectivity index (χ1) is 7.00. The van der Waals surface area contributed by atoms with Gasteiger partial charge in [-0.25, -0.2) is 4.79 Å². The molecule has 0 radical (unpaired) electrons. The summed E-state index contributed by atoms with van der Waals surface area (Å²) in [4.78, 5) is 32.9. The molecular formula is C10H15NO4. The molecule has 1 aliphatic rings. The van der Waals surface area contributed by atoms with Crippen LogP contribution in [0, 0.1) is 5.92 Å². The van der Waals surface area contributed by atoms with Crippen molar-refractivity contribution < 1.29 is 19.5 Å². The Morgan fingerprint density at radius 2 is 2.27 bits per heavy atom. The summed E-state index contributed by atoms with van der Waals surface area (Å²) in [6.07, 6.45) is 2.32. The minimum atomic E-state index is -1.08. The summed E-state index contributed by atoms with van der Waals surface area (Å²) in [5, 5.41) is 11.2. The van der Waals surface area contributed by atoms with Crippen LogP contribution in [0.25, 0.3) is 0 Å². The van der Waals surface area contributed by atoms with Gasteiger partial charge in [-0.15, -0.1) is 0 Å². The van der Waals surface area contributed by atoms with Crippen molar-refractivity contribution in [2.75, 3.05) is 0 Å². The van der Waals surface area contributed by atoms with Gasteiger partial charge in [0.05, 0.1) is 0 Å². The monoisotopic (exact) mass is 213 g/mol. The largest absolute Gasteiger partial charge is 0.480 e. The van der Waals surface area contributed by atoms with Gasteiger partial charge >= 0.3 is 5.97 Å². The minimum absolute atomic E-state index is 0.117. The fourth-order valence-corrected chi connectivity index (χ4v) is 1.89. The molecule has 0 bridgehead atoms. The summed E-state index contributed by atoms with van der Waals surface area (Å²) < 4.78 is 0. The van der Waals surface area contributed by atoms with Crippen molar-refractivity contribution in [3.63, 3.8) is 0 Å². The average molecular weight is 213 g/mol. The molecule has 0 spiro atoms. The minimum Gasteiger partial charge on any atom is -0.480 e. The van der Waals surface area contributed by atoms with Gasteiger partial charge in [-0.1, -0.05) is 0 Å². The van der Waals surface area contributed by atoms with Gasteiger partial charge < -0.3 is 10.4 Å². The van der Waals surface area contributed by atoms with E-state index in [-0.39, 0.29) is 24.0 Å². The number of Topliss-reactive ketones (excluding diaryl/α,β-unsaturated/α-hetero) is 1. The van der Waals surface area contributed by atoms with E-state index in [1.807, 2.05) is 0 Å². The Kier molecular flexibility index (Phi) is 3.82. The van der Waals surface area contributed by atoms with Crippen LogP contribution in [0.15, 0.2) is 0 Å². The molecule has 15 heavy (non-hydrogen) atoms. The molecule has 1 amide bonds. The maximum atomic E-state index is 11.3. The lowest BCUT2D eigenvalue weighted by Crippen LogP contribution is -2.41. The van der Waals surface area contributed by atoms with Crippen molar-refractivity contribution in [1.82, 2.24) is 5.32 Å². The second kappa shape index (κ2) is 4.91. The van der Waals surface area contributed by atoms with E-state index in [0.717, 1.165) is 12.8 Å². The first-order valence-corrected chi connectivity index (χ1v) is 5.03. The van der Waals surface area contributed by atoms with E-state index < -0.39 is 12.0 Å². The highest BCUT2D eigenvalue weighted by Gasteiger charge is 2.30. The molecule has 84 valence electrons. The van der Waals surface area contributed by atoms with Crippen LogP contribution >= 0.6 is 0 Å². The second-order valence-electron chi connectivity index (χ2n) is 3.88. The number of carbonyl (C=O) groups excluding carboxylic acids is 2. The summed E-state index contributed by atoms with van der Waals surface area (Å²) in [5.41, 5.74) is 0. The van der Waals surface area contributed by atoms with E-state index in [1.165, 1.54) is 6.92 Å². The van der Waals surface area contributed by atoms with Crippen LogP contribution in [-0.4, -0.2) is 28.8 Å². The Bertz CT molecular complexity index is 287. The van der Waals surface area contributed by atoms with Gasteiger partial charge in [0.15, 0.2) is 0 Å². The van der Waals surface area contributed by atoms with Crippen LogP contribution in [0.5, 0.6) is 0 Å². The third-order valence-corrected chi connectivity index (χ3v) is 2.63. The average Bonchev–Trinajstić information content (AvgIpc) is 2.50. The van der Waals surface area contributed by atoms with E-state index >= 15 is 0 Å². The van der Waals surface area contributed by atoms with Crippen LogP contribution in [0.1, 0.15) is 32.6 Å². The van der Waals surface area contributed by atoms with Gasteiger partial charge in [0, 0.05) is 19.3 Å². The van der Waals surface area contributed by atoms with Crippen LogP contribution < -0.4 is 5.32 Å². The zero-order valence-electron chi connectivity index (χ0n) is 8.66. The van der Waals surface area contributed by atoms with Crippen LogP contribution in [0.4, 0.5) is 0 Å². The lowest BCUT2D eigenvalue weighted by Gasteiger charge is -2.16. The fourth-order valence-electron chi connectivity index (χ4n) is 1.89. The maximum Gasteiger partial charge on any atom is 0.326 e. The lowest BCUT2D eigenvalue weighted by atomic mass is 9.97. The van der Waals surface area contributed by atoms with Gasteiger partial charge in [-0.05, 0) is 19.3 Å². The number of nitrogens with one attached hydrogen (secondary N) is 1. The summed E-state index contributed by atoms with van der Waals surface area (Å²) in [7, 11) is 0. The van der Waals surface area contributed by atoms with Crippen LogP contribution in [-0.2, 0) is 14.4 Å². The molecule has 2 unspecified atom stereocenters. The van der Waals surface area contributed by atoms with Crippen molar-refractivity contribution in [3.05, 3.63) is 0 Å². The Morgan fingerprint density at radius 1 is 1.60 bits per heavy atom. The van der Waals surface area contributed by atoms with E-state index in [9.17, 15) is 14.4 Å². The molecule has 0 aromatic carbocycles. The number of carboxylic acid groups (broad SMARTS) is 1. The Morgan fingerprint density at radius 3 is 2.67 bits per heavy atom. The molecule has 0 aliphatic heterocycles. The van der Waals surface area contributed by atoms with E-state index in [4.69, 9.17) is 5.11 Å². The van der Waals surface area contributed by atoms with Crippen LogP contribution in [0.2, 0.25) is 0 Å². The van der Waals surface area contributed by atoms with E-state index in [2.05, 4.69) is 5.32 Å². The molecule has 2 atom stereocenters. The molecule has 0 saturated heterocycles. The van der Waals surface area contributed by atoms with Crippen molar-refractivity contribution >= 4 is 17.7 Å². The number of rotatable bonds is 4. The van der Waals surface area contributed by atoms with E-state index in [1.54, 1.807) is 0 Å². The number of ketones is 1. The smallest absolute Gasteiger partial charge is 0.326 e. The molecule has 0 aromatic rings. The Balaban J connectivity index is 2.54. The molecule has 1 aliphatic carbocycles. The van der Waals surface area contributed by atoms with Gasteiger partial charge in [-0.2, -0.15) is 0 Å². The second-order valence-corrected chi connectivity index (χ2v) is 3.88. The zero-order valence-corrected chi connectivity index (χ0v) is 8.66. The van der Waals surface area contributed by atoms with Crippen molar-refractivity contribution in [2.45, 2.75) is 38.6 Å². The molecular weight excluding hydrogens is 198 g/mol. The maximum absolute atomic E-state index is 11.3. The summed E-state index contributed by atoms with van der Waals surface area (Å²) in [5.74, 6) is -1.54. The SMILES string of the molecule is CC(=O)NC(CC1CCCC1=O)C(=O)O. The molecule has 1 saturated carbocycles. The summed E-state index contributed by atoms with van der Waals surface area (Å²) >= 11 is 0. The summed E-state index contributed by atoms with van der Waals surface area (Å²) in [6.45, 7) is 1.27. The van der Waals surface area contributed by atoms with E-state index in [0.29, 0.717) is 6.42 Å². The predicted octanol–water partition coefficient (Wildman–Crippen LogP) is 0.335. The first kappa shape index (κ1) is 11.7. The van der Waals surface area contributed by atoms with Crippen molar-refractivity contribution in [1.29, 1.82) is 0 Å². The number of carbonyl (C=O) groups is 3. The Labute approximate surface area is 87.8 Å². The van der Waals surface area contributed by atoms with Gasteiger partial charge in [-0.3, -0.25) is 9.59 Å². The number of hydrogen-bond donors (Lipinski definition) is 2.